The van der Waals surface area contributed by atoms with Crippen LogP contribution in [-0.2, 0) is 20.8 Å². The Morgan fingerprint density at radius 1 is 1.18 bits per heavy atom. The van der Waals surface area contributed by atoms with Crippen molar-refractivity contribution in [1.29, 1.82) is 0 Å². The van der Waals surface area contributed by atoms with E-state index in [1.54, 1.807) is 12.1 Å². The molecule has 1 amide bonds. The molecule has 0 aliphatic carbocycles. The molecule has 1 unspecified atom stereocenters. The average molecular weight is 530 g/mol. The molecule has 3 aromatic rings. The van der Waals surface area contributed by atoms with Crippen LogP contribution >= 0.6 is 0 Å². The number of para-hydroxylation sites is 1. The smallest absolute Gasteiger partial charge is 0.267 e. The van der Waals surface area contributed by atoms with Crippen molar-refractivity contribution in [1.82, 2.24) is 15.4 Å². The molecule has 1 spiro atoms. The SMILES string of the molecule is O=C(/C=C/c1ccc2c(c1)C(=O)CC1(CCN(CCc3c[nH]c4ccccc34)CC1)O2)NOC1CCCCO1. The number of benzene rings is 2. The molecule has 3 aliphatic rings. The number of rotatable bonds is 7. The van der Waals surface area contributed by atoms with Crippen LogP contribution in [0.1, 0.15) is 60.0 Å². The Bertz CT molecular complexity index is 1370. The van der Waals surface area contributed by atoms with E-state index < -0.39 is 11.9 Å². The van der Waals surface area contributed by atoms with Crippen molar-refractivity contribution in [2.75, 3.05) is 26.2 Å². The number of aromatic nitrogens is 1. The first-order chi connectivity index (χ1) is 19.1. The number of amides is 1. The molecule has 3 aliphatic heterocycles. The molecule has 2 N–H and O–H groups in total. The number of nitrogens with zero attached hydrogens (tertiary/aromatic N) is 1. The average Bonchev–Trinajstić information content (AvgIpc) is 3.38. The highest BCUT2D eigenvalue weighted by Gasteiger charge is 2.42. The zero-order valence-corrected chi connectivity index (χ0v) is 22.1. The third-order valence-electron chi connectivity index (χ3n) is 8.11. The predicted molar refractivity (Wildman–Crippen MR) is 148 cm³/mol. The van der Waals surface area contributed by atoms with Gasteiger partial charge < -0.3 is 19.4 Å². The third kappa shape index (κ3) is 5.93. The van der Waals surface area contributed by atoms with Crippen molar-refractivity contribution in [3.05, 3.63) is 71.4 Å². The molecule has 8 heteroatoms. The molecule has 1 aromatic heterocycles. The molecule has 39 heavy (non-hydrogen) atoms. The van der Waals surface area contributed by atoms with Crippen LogP contribution in [0.5, 0.6) is 5.75 Å². The van der Waals surface area contributed by atoms with Gasteiger partial charge in [-0.3, -0.25) is 9.59 Å². The van der Waals surface area contributed by atoms with Crippen LogP contribution in [0.4, 0.5) is 0 Å². The van der Waals surface area contributed by atoms with Crippen molar-refractivity contribution in [2.45, 2.75) is 56.8 Å². The van der Waals surface area contributed by atoms with Gasteiger partial charge >= 0.3 is 0 Å². The molecule has 0 saturated carbocycles. The lowest BCUT2D eigenvalue weighted by atomic mass is 9.82. The first-order valence-electron chi connectivity index (χ1n) is 14.0. The molecule has 2 fully saturated rings. The molecule has 2 saturated heterocycles. The van der Waals surface area contributed by atoms with Crippen molar-refractivity contribution in [3.8, 4) is 5.75 Å². The van der Waals surface area contributed by atoms with Crippen LogP contribution in [0.2, 0.25) is 0 Å². The highest BCUT2D eigenvalue weighted by molar-refractivity contribution is 6.01. The largest absolute Gasteiger partial charge is 0.486 e. The Labute approximate surface area is 228 Å². The second kappa shape index (κ2) is 11.3. The number of aromatic amines is 1. The third-order valence-corrected chi connectivity index (χ3v) is 8.11. The zero-order valence-electron chi connectivity index (χ0n) is 22.1. The maximum atomic E-state index is 13.2. The van der Waals surface area contributed by atoms with Crippen molar-refractivity contribution < 1.29 is 23.9 Å². The number of ether oxygens (including phenoxy) is 2. The molecule has 1 atom stereocenters. The monoisotopic (exact) mass is 529 g/mol. The highest BCUT2D eigenvalue weighted by Crippen LogP contribution is 2.40. The van der Waals surface area contributed by atoms with E-state index in [1.165, 1.54) is 22.5 Å². The molecule has 0 bridgehead atoms. The number of Topliss-reactive ketones (excluding diaryl/α,β-unsaturated/α-hetero) is 1. The topological polar surface area (TPSA) is 92.9 Å². The Balaban J connectivity index is 1.02. The van der Waals surface area contributed by atoms with Crippen LogP contribution in [0.15, 0.2) is 54.7 Å². The minimum atomic E-state index is -0.433. The second-order valence-corrected chi connectivity index (χ2v) is 10.8. The van der Waals surface area contributed by atoms with E-state index in [0.717, 1.165) is 63.7 Å². The normalized spacial score (nSPS) is 21.2. The number of carbonyl (C=O) groups excluding carboxylic acids is 2. The summed E-state index contributed by atoms with van der Waals surface area (Å²) in [6.45, 7) is 3.46. The lowest BCUT2D eigenvalue weighted by Crippen LogP contribution is -2.51. The van der Waals surface area contributed by atoms with Gasteiger partial charge in [-0.2, -0.15) is 0 Å². The first kappa shape index (κ1) is 25.8. The number of fused-ring (bicyclic) bond motifs is 2. The van der Waals surface area contributed by atoms with Crippen molar-refractivity contribution in [2.24, 2.45) is 0 Å². The molecular formula is C31H35N3O5. The minimum Gasteiger partial charge on any atom is -0.486 e. The summed E-state index contributed by atoms with van der Waals surface area (Å²) in [6, 6.07) is 13.9. The van der Waals surface area contributed by atoms with E-state index in [1.807, 2.05) is 12.1 Å². The fraction of sp³-hybridized carbons (Fsp3) is 0.419. The number of hydrogen-bond donors (Lipinski definition) is 2. The summed E-state index contributed by atoms with van der Waals surface area (Å²) in [5.41, 5.74) is 5.85. The Hall–Kier alpha value is -3.46. The lowest BCUT2D eigenvalue weighted by Gasteiger charge is -2.44. The van der Waals surface area contributed by atoms with Gasteiger partial charge in [0.25, 0.3) is 5.91 Å². The van der Waals surface area contributed by atoms with E-state index >= 15 is 0 Å². The molecule has 2 aromatic carbocycles. The predicted octanol–water partition coefficient (Wildman–Crippen LogP) is 4.80. The maximum absolute atomic E-state index is 13.2. The maximum Gasteiger partial charge on any atom is 0.267 e. The summed E-state index contributed by atoms with van der Waals surface area (Å²) >= 11 is 0. The summed E-state index contributed by atoms with van der Waals surface area (Å²) in [4.78, 5) is 36.5. The van der Waals surface area contributed by atoms with Gasteiger partial charge in [0.1, 0.15) is 11.4 Å². The van der Waals surface area contributed by atoms with Gasteiger partial charge in [0.2, 0.25) is 0 Å². The van der Waals surface area contributed by atoms with Crippen molar-refractivity contribution >= 4 is 28.7 Å². The molecule has 6 rings (SSSR count). The number of hydrogen-bond acceptors (Lipinski definition) is 6. The summed E-state index contributed by atoms with van der Waals surface area (Å²) in [6.07, 6.45) is 10.6. The number of hydroxylamine groups is 1. The zero-order chi connectivity index (χ0) is 26.7. The fourth-order valence-corrected chi connectivity index (χ4v) is 5.83. The molecule has 204 valence electrons. The Morgan fingerprint density at radius 3 is 2.90 bits per heavy atom. The van der Waals surface area contributed by atoms with Crippen molar-refractivity contribution in [3.63, 3.8) is 0 Å². The van der Waals surface area contributed by atoms with Crippen LogP contribution in [-0.4, -0.2) is 59.7 Å². The standard InChI is InChI=1S/C31H35N3O5/c35-27-20-31(13-16-34(17-14-31)15-12-23-21-32-26-6-2-1-5-24(23)26)38-28-10-8-22(19-25(27)28)9-11-29(36)33-39-30-7-3-4-18-37-30/h1-2,5-6,8-11,19,21,30,32H,3-4,7,12-18,20H2,(H,33,36)/b11-9+. The van der Waals surface area contributed by atoms with Gasteiger partial charge in [-0.15, -0.1) is 0 Å². The van der Waals surface area contributed by atoms with Crippen LogP contribution in [0.25, 0.3) is 17.0 Å². The van der Waals surface area contributed by atoms with E-state index in [0.29, 0.717) is 24.3 Å². The number of H-pyrrole nitrogens is 1. The minimum absolute atomic E-state index is 0.0981. The van der Waals surface area contributed by atoms with Crippen LogP contribution < -0.4 is 10.2 Å². The van der Waals surface area contributed by atoms with Gasteiger partial charge in [0.05, 0.1) is 12.0 Å². The Kier molecular flexibility index (Phi) is 7.50. The quantitative estimate of drug-likeness (QED) is 0.338. The van der Waals surface area contributed by atoms with E-state index in [2.05, 4.69) is 45.8 Å². The van der Waals surface area contributed by atoms with Gasteiger partial charge in [0.15, 0.2) is 12.1 Å². The van der Waals surface area contributed by atoms with E-state index in [9.17, 15) is 9.59 Å². The molecule has 8 nitrogen and oxygen atoms in total. The number of carbonyl (C=O) groups is 2. The van der Waals surface area contributed by atoms with Crippen LogP contribution in [0, 0.1) is 0 Å². The van der Waals surface area contributed by atoms with Gasteiger partial charge in [0, 0.05) is 68.7 Å². The van der Waals surface area contributed by atoms with Crippen LogP contribution in [0.3, 0.4) is 0 Å². The lowest BCUT2D eigenvalue weighted by molar-refractivity contribution is -0.198. The Morgan fingerprint density at radius 2 is 2.05 bits per heavy atom. The summed E-state index contributed by atoms with van der Waals surface area (Å²) in [5, 5.41) is 1.29. The molecular weight excluding hydrogens is 494 g/mol. The second-order valence-electron chi connectivity index (χ2n) is 10.8. The summed E-state index contributed by atoms with van der Waals surface area (Å²) in [5.74, 6) is 0.360. The number of likely N-dealkylation sites (tertiary alicyclic amines) is 1. The summed E-state index contributed by atoms with van der Waals surface area (Å²) < 4.78 is 11.9. The highest BCUT2D eigenvalue weighted by atomic mass is 16.8. The fourth-order valence-electron chi connectivity index (χ4n) is 5.83. The number of piperidine rings is 1. The molecule has 0 radical (unpaired) electrons. The van der Waals surface area contributed by atoms with Gasteiger partial charge in [-0.05, 0) is 54.7 Å². The number of nitrogens with one attached hydrogen (secondary N) is 2. The first-order valence-corrected chi connectivity index (χ1v) is 14.0. The molecule has 4 heterocycles. The van der Waals surface area contributed by atoms with E-state index in [4.69, 9.17) is 14.3 Å². The van der Waals surface area contributed by atoms with Gasteiger partial charge in [-0.1, -0.05) is 24.3 Å². The van der Waals surface area contributed by atoms with E-state index in [-0.39, 0.29) is 11.7 Å². The summed E-state index contributed by atoms with van der Waals surface area (Å²) in [7, 11) is 0. The van der Waals surface area contributed by atoms with Gasteiger partial charge in [-0.25, -0.2) is 10.3 Å². The number of ketones is 1.